The Morgan fingerprint density at radius 1 is 1.10 bits per heavy atom. The topological polar surface area (TPSA) is 70.0 Å². The van der Waals surface area contributed by atoms with Gasteiger partial charge in [0.15, 0.2) is 0 Å². The van der Waals surface area contributed by atoms with Gasteiger partial charge >= 0.3 is 0 Å². The van der Waals surface area contributed by atoms with Crippen molar-refractivity contribution < 1.29 is 12.8 Å². The van der Waals surface area contributed by atoms with Crippen molar-refractivity contribution in [1.82, 2.24) is 4.72 Å². The molecule has 1 atom stereocenters. The van der Waals surface area contributed by atoms with E-state index >= 15 is 0 Å². The number of rotatable bonds is 4. The van der Waals surface area contributed by atoms with E-state index in [9.17, 15) is 12.8 Å². The molecule has 2 aromatic carbocycles. The molecule has 1 unspecified atom stereocenters. The first-order chi connectivity index (χ1) is 9.53. The molecule has 2 aromatic rings. The number of nitriles is 1. The molecule has 1 N–H and O–H groups in total. The van der Waals surface area contributed by atoms with Crippen molar-refractivity contribution in [2.24, 2.45) is 0 Å². The van der Waals surface area contributed by atoms with Gasteiger partial charge in [0.2, 0.25) is 10.0 Å². The first-order valence-corrected chi connectivity index (χ1v) is 7.24. The van der Waals surface area contributed by atoms with Crippen molar-refractivity contribution >= 4 is 10.0 Å². The molecule has 0 fully saturated rings. The van der Waals surface area contributed by atoms with Gasteiger partial charge in [0.25, 0.3) is 0 Å². The summed E-state index contributed by atoms with van der Waals surface area (Å²) in [5.41, 5.74) is 0.523. The lowest BCUT2D eigenvalue weighted by Crippen LogP contribution is -2.27. The lowest BCUT2D eigenvalue weighted by atomic mass is 10.1. The Morgan fingerprint density at radius 2 is 1.80 bits per heavy atom. The first-order valence-electron chi connectivity index (χ1n) is 5.75. The Morgan fingerprint density at radius 3 is 2.40 bits per heavy atom. The van der Waals surface area contributed by atoms with Gasteiger partial charge < -0.3 is 0 Å². The third-order valence-electron chi connectivity index (χ3n) is 2.64. The maximum absolute atomic E-state index is 13.1. The highest BCUT2D eigenvalue weighted by atomic mass is 32.2. The molecule has 0 aliphatic rings. The molecule has 20 heavy (non-hydrogen) atoms. The molecule has 2 rings (SSSR count). The number of benzene rings is 2. The first kappa shape index (κ1) is 14.2. The second-order valence-corrected chi connectivity index (χ2v) is 5.77. The number of hydrogen-bond donors (Lipinski definition) is 1. The monoisotopic (exact) mass is 290 g/mol. The van der Waals surface area contributed by atoms with Gasteiger partial charge in [-0.1, -0.05) is 36.4 Å². The van der Waals surface area contributed by atoms with Crippen LogP contribution in [0.3, 0.4) is 0 Å². The molecule has 0 aliphatic carbocycles. The Bertz CT molecular complexity index is 739. The van der Waals surface area contributed by atoms with Crippen LogP contribution in [0.4, 0.5) is 4.39 Å². The number of sulfonamides is 1. The highest BCUT2D eigenvalue weighted by Gasteiger charge is 2.21. The van der Waals surface area contributed by atoms with Crippen LogP contribution in [-0.4, -0.2) is 8.42 Å². The molecule has 0 amide bonds. The van der Waals surface area contributed by atoms with Crippen LogP contribution in [0, 0.1) is 17.1 Å². The van der Waals surface area contributed by atoms with E-state index in [-0.39, 0.29) is 4.90 Å². The van der Waals surface area contributed by atoms with Crippen molar-refractivity contribution in [3.05, 3.63) is 66.0 Å². The minimum absolute atomic E-state index is 0.214. The van der Waals surface area contributed by atoms with Gasteiger partial charge in [-0.2, -0.15) is 9.98 Å². The van der Waals surface area contributed by atoms with Crippen LogP contribution >= 0.6 is 0 Å². The van der Waals surface area contributed by atoms with Gasteiger partial charge in [-0.3, -0.25) is 0 Å². The maximum atomic E-state index is 13.1. The zero-order valence-electron chi connectivity index (χ0n) is 10.3. The van der Waals surface area contributed by atoms with E-state index in [4.69, 9.17) is 5.26 Å². The number of nitrogens with one attached hydrogen (secondary N) is 1. The third-order valence-corrected chi connectivity index (χ3v) is 4.06. The van der Waals surface area contributed by atoms with E-state index in [1.54, 1.807) is 30.3 Å². The molecule has 0 bridgehead atoms. The predicted octanol–water partition coefficient (Wildman–Crippen LogP) is 2.37. The van der Waals surface area contributed by atoms with Crippen molar-refractivity contribution in [2.75, 3.05) is 0 Å². The molecule has 0 saturated heterocycles. The predicted molar refractivity (Wildman–Crippen MR) is 71.5 cm³/mol. The Balaban J connectivity index is 2.30. The zero-order chi connectivity index (χ0) is 14.6. The van der Waals surface area contributed by atoms with Gasteiger partial charge in [0.1, 0.15) is 11.9 Å². The molecule has 0 aromatic heterocycles. The Kier molecular flexibility index (Phi) is 4.13. The van der Waals surface area contributed by atoms with Crippen LogP contribution in [0.5, 0.6) is 0 Å². The van der Waals surface area contributed by atoms with Crippen LogP contribution < -0.4 is 4.72 Å². The Hall–Kier alpha value is -2.23. The number of nitrogens with zero attached hydrogens (tertiary/aromatic N) is 1. The van der Waals surface area contributed by atoms with Gasteiger partial charge in [-0.15, -0.1) is 0 Å². The molecule has 6 heteroatoms. The van der Waals surface area contributed by atoms with E-state index in [0.29, 0.717) is 5.56 Å². The van der Waals surface area contributed by atoms with Crippen molar-refractivity contribution in [3.63, 3.8) is 0 Å². The van der Waals surface area contributed by atoms with Crippen LogP contribution in [0.1, 0.15) is 11.6 Å². The van der Waals surface area contributed by atoms with Crippen LogP contribution in [0.2, 0.25) is 0 Å². The van der Waals surface area contributed by atoms with Crippen LogP contribution in [-0.2, 0) is 10.0 Å². The summed E-state index contributed by atoms with van der Waals surface area (Å²) in [6.07, 6.45) is 0. The van der Waals surface area contributed by atoms with Crippen molar-refractivity contribution in [3.8, 4) is 6.07 Å². The summed E-state index contributed by atoms with van der Waals surface area (Å²) < 4.78 is 39.5. The number of halogens is 1. The zero-order valence-corrected chi connectivity index (χ0v) is 11.1. The highest BCUT2D eigenvalue weighted by molar-refractivity contribution is 7.89. The van der Waals surface area contributed by atoms with Crippen molar-refractivity contribution in [2.45, 2.75) is 10.9 Å². The molecule has 102 valence electrons. The van der Waals surface area contributed by atoms with Crippen LogP contribution in [0.25, 0.3) is 0 Å². The summed E-state index contributed by atoms with van der Waals surface area (Å²) in [5, 5.41) is 9.09. The Labute approximate surface area is 116 Å². The third kappa shape index (κ3) is 3.20. The van der Waals surface area contributed by atoms with E-state index in [1.165, 1.54) is 12.1 Å². The van der Waals surface area contributed by atoms with E-state index in [2.05, 4.69) is 4.72 Å². The van der Waals surface area contributed by atoms with Crippen LogP contribution in [0.15, 0.2) is 59.5 Å². The average Bonchev–Trinajstić information content (AvgIpc) is 2.46. The fourth-order valence-corrected chi connectivity index (χ4v) is 2.83. The van der Waals surface area contributed by atoms with Gasteiger partial charge in [0.05, 0.1) is 11.0 Å². The molecule has 0 spiro atoms. The maximum Gasteiger partial charge on any atom is 0.242 e. The molecular formula is C14H11FN2O2S. The summed E-state index contributed by atoms with van der Waals surface area (Å²) in [6.45, 7) is 0. The molecule has 0 aliphatic heterocycles. The SMILES string of the molecule is N#CC(NS(=O)(=O)c1cccc(F)c1)c1ccccc1. The summed E-state index contributed by atoms with van der Waals surface area (Å²) in [5.74, 6) is -0.652. The second-order valence-electron chi connectivity index (χ2n) is 4.05. The smallest absolute Gasteiger partial charge is 0.207 e. The molecular weight excluding hydrogens is 279 g/mol. The largest absolute Gasteiger partial charge is 0.242 e. The standard InChI is InChI=1S/C14H11FN2O2S/c15-12-7-4-8-13(9-12)20(18,19)17-14(10-16)11-5-2-1-3-6-11/h1-9,14,17H. The molecule has 4 nitrogen and oxygen atoms in total. The lowest BCUT2D eigenvalue weighted by Gasteiger charge is -2.12. The fraction of sp³-hybridized carbons (Fsp3) is 0.0714. The van der Waals surface area contributed by atoms with Gasteiger partial charge in [-0.05, 0) is 23.8 Å². The van der Waals surface area contributed by atoms with E-state index < -0.39 is 21.9 Å². The lowest BCUT2D eigenvalue weighted by molar-refractivity contribution is 0.572. The molecule has 0 radical (unpaired) electrons. The summed E-state index contributed by atoms with van der Waals surface area (Å²) in [4.78, 5) is -0.214. The summed E-state index contributed by atoms with van der Waals surface area (Å²) in [6, 6.07) is 13.9. The minimum atomic E-state index is -3.95. The highest BCUT2D eigenvalue weighted by Crippen LogP contribution is 2.17. The van der Waals surface area contributed by atoms with Crippen molar-refractivity contribution in [1.29, 1.82) is 5.26 Å². The van der Waals surface area contributed by atoms with E-state index in [0.717, 1.165) is 12.1 Å². The van der Waals surface area contributed by atoms with E-state index in [1.807, 2.05) is 6.07 Å². The van der Waals surface area contributed by atoms with Gasteiger partial charge in [-0.25, -0.2) is 12.8 Å². The normalized spacial score (nSPS) is 12.6. The average molecular weight is 290 g/mol. The summed E-state index contributed by atoms with van der Waals surface area (Å²) in [7, 11) is -3.95. The second kappa shape index (κ2) is 5.82. The van der Waals surface area contributed by atoms with Gasteiger partial charge in [0, 0.05) is 0 Å². The molecule has 0 saturated carbocycles. The number of hydrogen-bond acceptors (Lipinski definition) is 3. The quantitative estimate of drug-likeness (QED) is 0.939. The molecule has 0 heterocycles. The minimum Gasteiger partial charge on any atom is -0.207 e. The summed E-state index contributed by atoms with van der Waals surface area (Å²) >= 11 is 0. The fourth-order valence-electron chi connectivity index (χ4n) is 1.67.